The van der Waals surface area contributed by atoms with Gasteiger partial charge in [0.05, 0.1) is 17.2 Å². The second-order valence-corrected chi connectivity index (χ2v) is 6.28. The first-order valence-corrected chi connectivity index (χ1v) is 7.62. The highest BCUT2D eigenvalue weighted by atomic mass is 32.2. The van der Waals surface area contributed by atoms with E-state index >= 15 is 0 Å². The van der Waals surface area contributed by atoms with Crippen LogP contribution in [0.5, 0.6) is 0 Å². The highest BCUT2D eigenvalue weighted by molar-refractivity contribution is 8.00. The topological polar surface area (TPSA) is 64.0 Å². The maximum Gasteiger partial charge on any atom is 0.262 e. The molecule has 1 unspecified atom stereocenters. The van der Waals surface area contributed by atoms with Gasteiger partial charge in [-0.3, -0.25) is 14.2 Å². The summed E-state index contributed by atoms with van der Waals surface area (Å²) in [5.41, 5.74) is -0.102. The molecule has 1 N–H and O–H groups in total. The van der Waals surface area contributed by atoms with Crippen molar-refractivity contribution in [1.29, 1.82) is 0 Å². The van der Waals surface area contributed by atoms with Gasteiger partial charge in [-0.15, -0.1) is 17.8 Å². The Morgan fingerprint density at radius 3 is 3.15 bits per heavy atom. The van der Waals surface area contributed by atoms with Gasteiger partial charge in [-0.1, -0.05) is 17.7 Å². The Bertz CT molecular complexity index is 742. The second-order valence-electron chi connectivity index (χ2n) is 4.08. The van der Waals surface area contributed by atoms with E-state index in [0.29, 0.717) is 15.4 Å². The van der Waals surface area contributed by atoms with Crippen LogP contribution < -0.4 is 10.9 Å². The van der Waals surface area contributed by atoms with Crippen LogP contribution in [0.3, 0.4) is 0 Å². The smallest absolute Gasteiger partial charge is 0.262 e. The molecule has 1 amide bonds. The number of carbonyl (C=O) groups excluding carboxylic acids is 1. The maximum absolute atomic E-state index is 12.1. The molecule has 0 spiro atoms. The first kappa shape index (κ1) is 14.6. The Morgan fingerprint density at radius 2 is 2.45 bits per heavy atom. The van der Waals surface area contributed by atoms with E-state index in [1.165, 1.54) is 27.7 Å². The summed E-state index contributed by atoms with van der Waals surface area (Å²) in [6.07, 6.45) is 5.10. The van der Waals surface area contributed by atoms with Crippen LogP contribution in [0.25, 0.3) is 10.2 Å². The minimum Gasteiger partial charge on any atom is -0.344 e. The van der Waals surface area contributed by atoms with Crippen LogP contribution in [0.2, 0.25) is 0 Å². The predicted molar refractivity (Wildman–Crippen MR) is 82.0 cm³/mol. The number of aromatic nitrogens is 2. The fourth-order valence-electron chi connectivity index (χ4n) is 1.58. The number of hydrogen-bond acceptors (Lipinski definition) is 5. The molecule has 2 aromatic heterocycles. The summed E-state index contributed by atoms with van der Waals surface area (Å²) in [6.45, 7) is 1.95. The first-order valence-electron chi connectivity index (χ1n) is 5.86. The van der Waals surface area contributed by atoms with Crippen molar-refractivity contribution in [1.82, 2.24) is 14.9 Å². The van der Waals surface area contributed by atoms with Gasteiger partial charge in [0.25, 0.3) is 5.56 Å². The maximum atomic E-state index is 12.1. The summed E-state index contributed by atoms with van der Waals surface area (Å²) >= 11 is 2.65. The lowest BCUT2D eigenvalue weighted by Crippen LogP contribution is -2.31. The van der Waals surface area contributed by atoms with Gasteiger partial charge in [-0.05, 0) is 18.4 Å². The predicted octanol–water partition coefficient (Wildman–Crippen LogP) is 1.22. The van der Waals surface area contributed by atoms with Gasteiger partial charge in [-0.2, -0.15) is 0 Å². The van der Waals surface area contributed by atoms with Gasteiger partial charge >= 0.3 is 0 Å². The van der Waals surface area contributed by atoms with Crippen LogP contribution in [0.4, 0.5) is 0 Å². The number of nitrogens with zero attached hydrogens (tertiary/aromatic N) is 2. The van der Waals surface area contributed by atoms with E-state index in [1.54, 1.807) is 20.0 Å². The Labute approximate surface area is 124 Å². The fraction of sp³-hybridized carbons (Fsp3) is 0.308. The van der Waals surface area contributed by atoms with Crippen molar-refractivity contribution < 1.29 is 4.79 Å². The third kappa shape index (κ3) is 2.86. The monoisotopic (exact) mass is 307 g/mol. The number of terminal acetylenes is 1. The number of amides is 1. The first-order chi connectivity index (χ1) is 9.54. The van der Waals surface area contributed by atoms with E-state index in [1.807, 2.05) is 5.38 Å². The molecule has 0 aliphatic rings. The Hall–Kier alpha value is -1.78. The molecular weight excluding hydrogens is 294 g/mol. The number of fused-ring (bicyclic) bond motifs is 1. The van der Waals surface area contributed by atoms with Gasteiger partial charge in [0, 0.05) is 7.05 Å². The Balaban J connectivity index is 2.25. The standard InChI is InChI=1S/C13H13N3O2S2/c1-4-6-14-10(17)8(2)20-13-15-11-9(5-7-19-11)12(18)16(13)3/h1,5,7-8H,6H2,2-3H3,(H,14,17). The lowest BCUT2D eigenvalue weighted by molar-refractivity contribution is -0.120. The summed E-state index contributed by atoms with van der Waals surface area (Å²) in [5.74, 6) is 2.18. The van der Waals surface area contributed by atoms with Crippen LogP contribution in [-0.4, -0.2) is 27.3 Å². The van der Waals surface area contributed by atoms with E-state index in [-0.39, 0.29) is 23.3 Å². The minimum atomic E-state index is -0.376. The number of rotatable bonds is 4. The molecule has 2 heterocycles. The summed E-state index contributed by atoms with van der Waals surface area (Å²) in [4.78, 5) is 29.0. The summed E-state index contributed by atoms with van der Waals surface area (Å²) in [5, 5.41) is 5.19. The number of thioether (sulfide) groups is 1. The van der Waals surface area contributed by atoms with Crippen LogP contribution in [0, 0.1) is 12.3 Å². The molecule has 7 heteroatoms. The van der Waals surface area contributed by atoms with Crippen LogP contribution in [-0.2, 0) is 11.8 Å². The molecule has 0 bridgehead atoms. The zero-order valence-corrected chi connectivity index (χ0v) is 12.7. The van der Waals surface area contributed by atoms with E-state index < -0.39 is 0 Å². The Morgan fingerprint density at radius 1 is 1.70 bits per heavy atom. The van der Waals surface area contributed by atoms with Crippen molar-refractivity contribution in [2.75, 3.05) is 6.54 Å². The van der Waals surface area contributed by atoms with Crippen molar-refractivity contribution in [3.05, 3.63) is 21.8 Å². The molecule has 1 atom stereocenters. The fourth-order valence-corrected chi connectivity index (χ4v) is 3.28. The molecule has 2 aromatic rings. The van der Waals surface area contributed by atoms with Gasteiger partial charge in [-0.25, -0.2) is 4.98 Å². The zero-order chi connectivity index (χ0) is 14.7. The quantitative estimate of drug-likeness (QED) is 0.524. The number of carbonyl (C=O) groups is 1. The van der Waals surface area contributed by atoms with E-state index in [0.717, 1.165) is 0 Å². The van der Waals surface area contributed by atoms with Crippen molar-refractivity contribution >= 4 is 39.2 Å². The minimum absolute atomic E-state index is 0.102. The molecule has 2 rings (SSSR count). The van der Waals surface area contributed by atoms with E-state index in [4.69, 9.17) is 6.42 Å². The molecule has 0 aliphatic heterocycles. The summed E-state index contributed by atoms with van der Waals surface area (Å²) in [7, 11) is 1.65. The normalized spacial score (nSPS) is 12.1. The van der Waals surface area contributed by atoms with Crippen LogP contribution >= 0.6 is 23.1 Å². The average molecular weight is 307 g/mol. The molecule has 104 valence electrons. The van der Waals surface area contributed by atoms with Crippen LogP contribution in [0.15, 0.2) is 21.4 Å². The van der Waals surface area contributed by atoms with Gasteiger partial charge in [0.15, 0.2) is 5.16 Å². The number of hydrogen-bond donors (Lipinski definition) is 1. The molecule has 20 heavy (non-hydrogen) atoms. The van der Waals surface area contributed by atoms with E-state index in [2.05, 4.69) is 16.2 Å². The SMILES string of the molecule is C#CCNC(=O)C(C)Sc1nc2sccc2c(=O)n1C. The molecule has 0 aromatic carbocycles. The molecule has 5 nitrogen and oxygen atoms in total. The molecule has 0 fully saturated rings. The number of thiophene rings is 1. The van der Waals surface area contributed by atoms with Gasteiger partial charge in [0.2, 0.25) is 5.91 Å². The van der Waals surface area contributed by atoms with Crippen molar-refractivity contribution in [2.24, 2.45) is 7.05 Å². The molecule has 0 aliphatic carbocycles. The largest absolute Gasteiger partial charge is 0.344 e. The van der Waals surface area contributed by atoms with Crippen molar-refractivity contribution in [3.63, 3.8) is 0 Å². The Kier molecular flexibility index (Phi) is 4.47. The second kappa shape index (κ2) is 6.11. The molecule has 0 saturated carbocycles. The van der Waals surface area contributed by atoms with Crippen LogP contribution in [0.1, 0.15) is 6.92 Å². The molecule has 0 radical (unpaired) electrons. The van der Waals surface area contributed by atoms with Crippen molar-refractivity contribution in [2.45, 2.75) is 17.3 Å². The average Bonchev–Trinajstić information content (AvgIpc) is 2.90. The lowest BCUT2D eigenvalue weighted by Gasteiger charge is -2.12. The molecular formula is C13H13N3O2S2. The zero-order valence-electron chi connectivity index (χ0n) is 11.0. The van der Waals surface area contributed by atoms with E-state index in [9.17, 15) is 9.59 Å². The summed E-state index contributed by atoms with van der Waals surface area (Å²) < 4.78 is 1.46. The van der Waals surface area contributed by atoms with Gasteiger partial charge in [0.1, 0.15) is 4.83 Å². The highest BCUT2D eigenvalue weighted by Crippen LogP contribution is 2.23. The number of nitrogens with one attached hydrogen (secondary N) is 1. The highest BCUT2D eigenvalue weighted by Gasteiger charge is 2.17. The van der Waals surface area contributed by atoms with Crippen molar-refractivity contribution in [3.8, 4) is 12.3 Å². The molecule has 0 saturated heterocycles. The third-order valence-corrected chi connectivity index (χ3v) is 4.63. The van der Waals surface area contributed by atoms with Gasteiger partial charge < -0.3 is 5.32 Å². The third-order valence-electron chi connectivity index (χ3n) is 2.68. The summed E-state index contributed by atoms with van der Waals surface area (Å²) in [6, 6.07) is 1.76. The lowest BCUT2D eigenvalue weighted by atomic mass is 10.4.